The lowest BCUT2D eigenvalue weighted by Crippen LogP contribution is -2.52. The number of carbonyl (C=O) groups is 1. The predicted octanol–water partition coefficient (Wildman–Crippen LogP) is -2.32. The first-order valence-electron chi connectivity index (χ1n) is 6.40. The summed E-state index contributed by atoms with van der Waals surface area (Å²) >= 11 is 0. The third kappa shape index (κ3) is 3.04. The quantitative estimate of drug-likeness (QED) is 0.493. The molecule has 2 heterocycles. The van der Waals surface area contributed by atoms with Gasteiger partial charge in [-0.2, -0.15) is 0 Å². The van der Waals surface area contributed by atoms with Gasteiger partial charge in [0.05, 0.1) is 19.3 Å². The summed E-state index contributed by atoms with van der Waals surface area (Å²) in [6, 6.07) is 1.16. The zero-order valence-electron chi connectivity index (χ0n) is 11.4. The third-order valence-electron chi connectivity index (χ3n) is 3.47. The van der Waals surface area contributed by atoms with E-state index in [9.17, 15) is 24.6 Å². The van der Waals surface area contributed by atoms with Crippen LogP contribution < -0.4 is 16.6 Å². The Hall–Kier alpha value is -1.97. The molecule has 0 unspecified atom stereocenters. The van der Waals surface area contributed by atoms with Crippen LogP contribution in [0.4, 0.5) is 0 Å². The van der Waals surface area contributed by atoms with E-state index in [2.05, 4.69) is 10.3 Å². The van der Waals surface area contributed by atoms with E-state index in [0.717, 1.165) is 10.6 Å². The lowest BCUT2D eigenvalue weighted by Gasteiger charge is -2.30. The van der Waals surface area contributed by atoms with Crippen molar-refractivity contribution in [3.63, 3.8) is 0 Å². The molecule has 2 rings (SSSR count). The number of amides is 1. The molecule has 0 spiro atoms. The molecule has 0 aliphatic carbocycles. The molecule has 1 saturated heterocycles. The van der Waals surface area contributed by atoms with E-state index in [1.807, 2.05) is 0 Å². The van der Waals surface area contributed by atoms with Gasteiger partial charge < -0.3 is 20.3 Å². The third-order valence-corrected chi connectivity index (χ3v) is 3.47. The average Bonchev–Trinajstić information content (AvgIpc) is 2.74. The predicted molar refractivity (Wildman–Crippen MR) is 70.6 cm³/mol. The van der Waals surface area contributed by atoms with Crippen LogP contribution in [0.1, 0.15) is 19.6 Å². The highest BCUT2D eigenvalue weighted by Crippen LogP contribution is 2.35. The van der Waals surface area contributed by atoms with E-state index in [1.165, 1.54) is 13.1 Å². The Bertz CT molecular complexity index is 638. The van der Waals surface area contributed by atoms with Gasteiger partial charge in [-0.3, -0.25) is 19.1 Å². The topological polar surface area (TPSA) is 134 Å². The van der Waals surface area contributed by atoms with Crippen LogP contribution in [-0.2, 0) is 9.53 Å². The zero-order valence-corrected chi connectivity index (χ0v) is 11.4. The number of hydrogen-bond donors (Lipinski definition) is 4. The number of aromatic amines is 1. The number of aliphatic hydroxyl groups is 2. The Morgan fingerprint density at radius 2 is 2.33 bits per heavy atom. The van der Waals surface area contributed by atoms with Crippen LogP contribution in [0.5, 0.6) is 0 Å². The van der Waals surface area contributed by atoms with Crippen molar-refractivity contribution in [1.29, 1.82) is 0 Å². The first kappa shape index (κ1) is 15.4. The number of hydrogen-bond acceptors (Lipinski definition) is 6. The minimum Gasteiger partial charge on any atom is -0.393 e. The Morgan fingerprint density at radius 1 is 1.62 bits per heavy atom. The summed E-state index contributed by atoms with van der Waals surface area (Å²) in [4.78, 5) is 35.8. The monoisotopic (exact) mass is 299 g/mol. The molecule has 0 bridgehead atoms. The molecule has 4 N–H and O–H groups in total. The summed E-state index contributed by atoms with van der Waals surface area (Å²) < 4.78 is 6.71. The number of nitrogens with one attached hydrogen (secondary N) is 2. The molecule has 116 valence electrons. The van der Waals surface area contributed by atoms with Crippen molar-refractivity contribution in [2.45, 2.75) is 31.3 Å². The van der Waals surface area contributed by atoms with Gasteiger partial charge in [0.2, 0.25) is 5.91 Å². The number of carbonyl (C=O) groups excluding carboxylic acids is 1. The maximum atomic E-state index is 11.7. The molecule has 9 heteroatoms. The second-order valence-electron chi connectivity index (χ2n) is 4.97. The standard InChI is InChI=1S/C12H17N3O6/c1-7(17)13-5-12(6-16)8(18)4-10(21-12)15-3-2-9(19)14-11(15)20/h2-3,8,10,16,18H,4-6H2,1H3,(H,13,17)(H,14,19,20)/t8-,10+,12+/m0/s1. The van der Waals surface area contributed by atoms with Gasteiger partial charge in [-0.05, 0) is 0 Å². The number of aliphatic hydroxyl groups excluding tert-OH is 2. The van der Waals surface area contributed by atoms with Gasteiger partial charge in [0, 0.05) is 25.6 Å². The smallest absolute Gasteiger partial charge is 0.330 e. The fraction of sp³-hybridized carbons (Fsp3) is 0.583. The summed E-state index contributed by atoms with van der Waals surface area (Å²) in [6.45, 7) is 0.688. The second kappa shape index (κ2) is 5.80. The highest BCUT2D eigenvalue weighted by molar-refractivity contribution is 5.72. The highest BCUT2D eigenvalue weighted by Gasteiger charge is 2.48. The van der Waals surface area contributed by atoms with E-state index in [-0.39, 0.29) is 18.9 Å². The normalized spacial score (nSPS) is 28.5. The van der Waals surface area contributed by atoms with Gasteiger partial charge in [-0.15, -0.1) is 0 Å². The largest absolute Gasteiger partial charge is 0.393 e. The molecule has 1 aliphatic heterocycles. The molecule has 0 saturated carbocycles. The Kier molecular flexibility index (Phi) is 4.26. The number of rotatable bonds is 4. The molecule has 1 amide bonds. The Morgan fingerprint density at radius 3 is 2.90 bits per heavy atom. The van der Waals surface area contributed by atoms with Crippen molar-refractivity contribution in [3.8, 4) is 0 Å². The van der Waals surface area contributed by atoms with E-state index in [4.69, 9.17) is 4.74 Å². The van der Waals surface area contributed by atoms with Crippen molar-refractivity contribution in [2.24, 2.45) is 0 Å². The lowest BCUT2D eigenvalue weighted by atomic mass is 9.97. The molecule has 21 heavy (non-hydrogen) atoms. The van der Waals surface area contributed by atoms with Crippen LogP contribution in [0.3, 0.4) is 0 Å². The van der Waals surface area contributed by atoms with Crippen LogP contribution in [0.25, 0.3) is 0 Å². The van der Waals surface area contributed by atoms with E-state index in [1.54, 1.807) is 0 Å². The Balaban J connectivity index is 2.24. The van der Waals surface area contributed by atoms with E-state index in [0.29, 0.717) is 0 Å². The molecule has 1 fully saturated rings. The molecule has 0 radical (unpaired) electrons. The number of aromatic nitrogens is 2. The van der Waals surface area contributed by atoms with Crippen molar-refractivity contribution in [3.05, 3.63) is 33.1 Å². The van der Waals surface area contributed by atoms with Crippen LogP contribution >= 0.6 is 0 Å². The van der Waals surface area contributed by atoms with Gasteiger partial charge in [-0.25, -0.2) is 4.79 Å². The minimum atomic E-state index is -1.38. The summed E-state index contributed by atoms with van der Waals surface area (Å²) in [6.07, 6.45) is -0.611. The van der Waals surface area contributed by atoms with Gasteiger partial charge in [0.1, 0.15) is 11.8 Å². The van der Waals surface area contributed by atoms with Crippen LogP contribution in [0, 0.1) is 0 Å². The second-order valence-corrected chi connectivity index (χ2v) is 4.97. The molecular formula is C12H17N3O6. The van der Waals surface area contributed by atoms with Crippen molar-refractivity contribution >= 4 is 5.91 Å². The number of nitrogens with zero attached hydrogens (tertiary/aromatic N) is 1. The average molecular weight is 299 g/mol. The summed E-state index contributed by atoms with van der Waals surface area (Å²) in [5, 5.41) is 22.1. The first-order chi connectivity index (χ1) is 9.88. The minimum absolute atomic E-state index is 0.0477. The number of ether oxygens (including phenoxy) is 1. The van der Waals surface area contributed by atoms with Crippen molar-refractivity contribution < 1.29 is 19.7 Å². The maximum absolute atomic E-state index is 11.7. The molecule has 9 nitrogen and oxygen atoms in total. The first-order valence-corrected chi connectivity index (χ1v) is 6.40. The van der Waals surface area contributed by atoms with Crippen molar-refractivity contribution in [1.82, 2.24) is 14.9 Å². The van der Waals surface area contributed by atoms with Crippen molar-refractivity contribution in [2.75, 3.05) is 13.2 Å². The van der Waals surface area contributed by atoms with Gasteiger partial charge in [0.15, 0.2) is 0 Å². The van der Waals surface area contributed by atoms with Crippen LogP contribution in [-0.4, -0.2) is 50.5 Å². The highest BCUT2D eigenvalue weighted by atomic mass is 16.6. The maximum Gasteiger partial charge on any atom is 0.330 e. The van der Waals surface area contributed by atoms with Crippen LogP contribution in [0.2, 0.25) is 0 Å². The zero-order chi connectivity index (χ0) is 15.6. The van der Waals surface area contributed by atoms with E-state index < -0.39 is 35.8 Å². The van der Waals surface area contributed by atoms with Crippen LogP contribution in [0.15, 0.2) is 21.9 Å². The fourth-order valence-electron chi connectivity index (χ4n) is 2.26. The molecule has 1 aliphatic rings. The summed E-state index contributed by atoms with van der Waals surface area (Å²) in [5.41, 5.74) is -2.60. The fourth-order valence-corrected chi connectivity index (χ4v) is 2.26. The lowest BCUT2D eigenvalue weighted by molar-refractivity contribution is -0.134. The molecule has 3 atom stereocenters. The molecule has 1 aromatic rings. The molecule has 1 aromatic heterocycles. The summed E-state index contributed by atoms with van der Waals surface area (Å²) in [7, 11) is 0. The summed E-state index contributed by atoms with van der Waals surface area (Å²) in [5.74, 6) is -0.330. The van der Waals surface area contributed by atoms with Gasteiger partial charge in [-0.1, -0.05) is 0 Å². The SMILES string of the molecule is CC(=O)NC[C@]1(CO)O[C@@H](n2ccc(=O)[nH]c2=O)C[C@@H]1O. The molecular weight excluding hydrogens is 282 g/mol. The number of H-pyrrole nitrogens is 1. The Labute approximate surface area is 119 Å². The van der Waals surface area contributed by atoms with Gasteiger partial charge in [0.25, 0.3) is 5.56 Å². The van der Waals surface area contributed by atoms with E-state index >= 15 is 0 Å². The molecule has 0 aromatic carbocycles. The van der Waals surface area contributed by atoms with Gasteiger partial charge >= 0.3 is 5.69 Å².